The first kappa shape index (κ1) is 32.0. The number of phenolic OH excluding ortho intramolecular Hbond substituents is 4. The van der Waals surface area contributed by atoms with Crippen molar-refractivity contribution >= 4 is 47.2 Å². The van der Waals surface area contributed by atoms with Crippen LogP contribution in [0.25, 0.3) is 0 Å². The molecule has 2 aliphatic rings. The zero-order valence-electron chi connectivity index (χ0n) is 23.4. The summed E-state index contributed by atoms with van der Waals surface area (Å²) in [6.45, 7) is 0. The van der Waals surface area contributed by atoms with Gasteiger partial charge in [0.1, 0.15) is 28.9 Å². The van der Waals surface area contributed by atoms with Gasteiger partial charge in [0.05, 0.1) is 0 Å². The van der Waals surface area contributed by atoms with Gasteiger partial charge in [0.15, 0.2) is 22.4 Å². The van der Waals surface area contributed by atoms with E-state index in [1.165, 1.54) is 43.1 Å². The van der Waals surface area contributed by atoms with Crippen molar-refractivity contribution in [2.24, 2.45) is 7.05 Å². The van der Waals surface area contributed by atoms with Crippen molar-refractivity contribution in [3.8, 4) is 28.9 Å². The maximum absolute atomic E-state index is 13.5. The number of carboxylic acids is 1. The first-order valence-corrected chi connectivity index (χ1v) is 15.1. The van der Waals surface area contributed by atoms with Gasteiger partial charge in [0, 0.05) is 24.1 Å². The molecule has 46 heavy (non-hydrogen) atoms. The molecule has 240 valence electrons. The summed E-state index contributed by atoms with van der Waals surface area (Å²) in [5.74, 6) is -7.11. The zero-order chi connectivity index (χ0) is 33.4. The molecule has 5 rings (SSSR count). The molecule has 3 aromatic rings. The summed E-state index contributed by atoms with van der Waals surface area (Å²) in [6.07, 6.45) is 0. The molecule has 2 aromatic carbocycles. The maximum atomic E-state index is 13.5. The first-order chi connectivity index (χ1) is 21.8. The van der Waals surface area contributed by atoms with E-state index in [1.807, 2.05) is 0 Å². The van der Waals surface area contributed by atoms with E-state index >= 15 is 0 Å². The van der Waals surface area contributed by atoms with E-state index in [0.717, 1.165) is 33.4 Å². The molecule has 1 fully saturated rings. The van der Waals surface area contributed by atoms with Crippen LogP contribution >= 0.6 is 23.5 Å². The van der Waals surface area contributed by atoms with Crippen molar-refractivity contribution in [3.05, 3.63) is 69.1 Å². The first-order valence-electron chi connectivity index (χ1n) is 13.1. The SMILES string of the molecule is Cn1c(SCC2=C(C(=O)O)N3C(=O)C(NC(=O)C(NC(=O)c4cc(O)c(O)c(O)c4)c4ccc(O)cc4)[C@@H]3SC2)nnc(O)c1=O. The van der Waals surface area contributed by atoms with E-state index in [4.69, 9.17) is 0 Å². The molecule has 1 aromatic heterocycles. The Balaban J connectivity index is 1.35. The van der Waals surface area contributed by atoms with Gasteiger partial charge in [-0.2, -0.15) is 0 Å². The highest BCUT2D eigenvalue weighted by Crippen LogP contribution is 2.42. The summed E-state index contributed by atoms with van der Waals surface area (Å²) in [5.41, 5.74) is -0.862. The van der Waals surface area contributed by atoms with Crippen LogP contribution in [0, 0.1) is 0 Å². The van der Waals surface area contributed by atoms with Gasteiger partial charge in [-0.3, -0.25) is 28.6 Å². The largest absolute Gasteiger partial charge is 0.508 e. The number of carbonyl (C=O) groups is 4. The lowest BCUT2D eigenvalue weighted by atomic mass is 10.0. The molecule has 1 saturated heterocycles. The van der Waals surface area contributed by atoms with E-state index in [9.17, 15) is 54.6 Å². The number of β-lactam (4-membered cyclic amide) rings is 1. The molecular formula is C27H24N6O11S2. The number of benzene rings is 2. The fraction of sp³-hybridized carbons (Fsp3) is 0.222. The van der Waals surface area contributed by atoms with Crippen LogP contribution in [0.15, 0.2) is 57.6 Å². The van der Waals surface area contributed by atoms with E-state index < -0.39 is 69.8 Å². The van der Waals surface area contributed by atoms with Gasteiger partial charge in [-0.15, -0.1) is 22.0 Å². The number of carbonyl (C=O) groups excluding carboxylic acids is 3. The molecule has 0 radical (unpaired) electrons. The highest BCUT2D eigenvalue weighted by molar-refractivity contribution is 8.01. The Hall–Kier alpha value is -5.43. The summed E-state index contributed by atoms with van der Waals surface area (Å²) in [7, 11) is 1.36. The van der Waals surface area contributed by atoms with Crippen LogP contribution in [0.3, 0.4) is 0 Å². The Bertz CT molecular complexity index is 1840. The van der Waals surface area contributed by atoms with Crippen LogP contribution in [0.4, 0.5) is 0 Å². The van der Waals surface area contributed by atoms with Crippen LogP contribution in [0.1, 0.15) is 22.0 Å². The monoisotopic (exact) mass is 672 g/mol. The quantitative estimate of drug-likeness (QED) is 0.0824. The van der Waals surface area contributed by atoms with E-state index in [2.05, 4.69) is 20.8 Å². The Kier molecular flexibility index (Phi) is 8.70. The Morgan fingerprint density at radius 1 is 1.04 bits per heavy atom. The van der Waals surface area contributed by atoms with Gasteiger partial charge < -0.3 is 41.3 Å². The summed E-state index contributed by atoms with van der Waals surface area (Å²) in [6, 6.07) is 4.32. The zero-order valence-corrected chi connectivity index (χ0v) is 25.1. The van der Waals surface area contributed by atoms with Crippen molar-refractivity contribution in [2.75, 3.05) is 11.5 Å². The van der Waals surface area contributed by atoms with Crippen molar-refractivity contribution in [3.63, 3.8) is 0 Å². The minimum absolute atomic E-state index is 0.0201. The van der Waals surface area contributed by atoms with Gasteiger partial charge >= 0.3 is 11.5 Å². The second-order valence-electron chi connectivity index (χ2n) is 9.97. The van der Waals surface area contributed by atoms with Gasteiger partial charge in [0.2, 0.25) is 5.91 Å². The molecule has 0 saturated carbocycles. The average Bonchev–Trinajstić information content (AvgIpc) is 3.02. The fourth-order valence-corrected chi connectivity index (χ4v) is 7.05. The summed E-state index contributed by atoms with van der Waals surface area (Å²) in [4.78, 5) is 65.0. The molecule has 3 heterocycles. The third-order valence-corrected chi connectivity index (χ3v) is 9.48. The van der Waals surface area contributed by atoms with Gasteiger partial charge in [0.25, 0.3) is 17.7 Å². The Morgan fingerprint density at radius 2 is 1.70 bits per heavy atom. The van der Waals surface area contributed by atoms with Crippen LogP contribution in [0.2, 0.25) is 0 Å². The second kappa shape index (κ2) is 12.5. The molecule has 3 amide bonds. The number of phenols is 4. The van der Waals surface area contributed by atoms with E-state index in [1.54, 1.807) is 0 Å². The number of nitrogens with zero attached hydrogens (tertiary/aromatic N) is 4. The van der Waals surface area contributed by atoms with Crippen LogP contribution in [-0.2, 0) is 21.4 Å². The van der Waals surface area contributed by atoms with Gasteiger partial charge in [-0.1, -0.05) is 23.9 Å². The van der Waals surface area contributed by atoms with Crippen LogP contribution in [0.5, 0.6) is 28.9 Å². The summed E-state index contributed by atoms with van der Waals surface area (Å²) in [5, 5.41) is 69.7. The topological polar surface area (TPSA) is 265 Å². The maximum Gasteiger partial charge on any atom is 0.352 e. The number of rotatable bonds is 9. The molecule has 0 spiro atoms. The van der Waals surface area contributed by atoms with Crippen molar-refractivity contribution in [2.45, 2.75) is 22.6 Å². The lowest BCUT2D eigenvalue weighted by molar-refractivity contribution is -0.151. The molecule has 2 aliphatic heterocycles. The van der Waals surface area contributed by atoms with Crippen molar-refractivity contribution in [1.29, 1.82) is 0 Å². The smallest absolute Gasteiger partial charge is 0.352 e. The molecular weight excluding hydrogens is 648 g/mol. The van der Waals surface area contributed by atoms with E-state index in [-0.39, 0.29) is 39.2 Å². The average molecular weight is 673 g/mol. The number of nitrogens with one attached hydrogen (secondary N) is 2. The number of hydrogen-bond donors (Lipinski definition) is 8. The number of aromatic hydroxyl groups is 5. The number of carboxylic acid groups (broad SMARTS) is 1. The van der Waals surface area contributed by atoms with Gasteiger partial charge in [-0.25, -0.2) is 4.79 Å². The molecule has 17 nitrogen and oxygen atoms in total. The third kappa shape index (κ3) is 5.96. The highest BCUT2D eigenvalue weighted by atomic mass is 32.2. The predicted molar refractivity (Wildman–Crippen MR) is 159 cm³/mol. The van der Waals surface area contributed by atoms with E-state index in [0.29, 0.717) is 5.57 Å². The number of hydrogen-bond acceptors (Lipinski definition) is 14. The normalized spacial score (nSPS) is 17.9. The lowest BCUT2D eigenvalue weighted by Crippen LogP contribution is -2.71. The number of thioether (sulfide) groups is 2. The minimum atomic E-state index is -1.46. The Labute approximate surface area is 266 Å². The van der Waals surface area contributed by atoms with Crippen molar-refractivity contribution < 1.29 is 49.8 Å². The molecule has 2 unspecified atom stereocenters. The lowest BCUT2D eigenvalue weighted by Gasteiger charge is -2.49. The molecule has 8 N–H and O–H groups in total. The molecule has 0 aliphatic carbocycles. The highest BCUT2D eigenvalue weighted by Gasteiger charge is 2.54. The van der Waals surface area contributed by atoms with Gasteiger partial charge in [-0.05, 0) is 35.4 Å². The number of amides is 3. The molecule has 19 heteroatoms. The predicted octanol–water partition coefficient (Wildman–Crippen LogP) is -0.295. The van der Waals surface area contributed by atoms with Crippen LogP contribution in [-0.4, -0.2) is 96.9 Å². The third-order valence-electron chi connectivity index (χ3n) is 7.03. The minimum Gasteiger partial charge on any atom is -0.508 e. The Morgan fingerprint density at radius 3 is 2.33 bits per heavy atom. The number of aromatic nitrogens is 3. The molecule has 3 atom stereocenters. The standard InChI is InChI=1S/C27H24N6O11S2/c1-32-24(42)22(40)30-31-27(32)46-9-12-8-45-25-17(23(41)33(25)18(12)26(43)44)29-21(39)16(10-2-4-13(34)5-3-10)28-20(38)11-6-14(35)19(37)15(36)7-11/h2-7,16-17,25,34-37H,8-9H2,1H3,(H,28,38)(H,29,39)(H,30,40)(H,43,44)/t16?,17?,25-/m0/s1. The number of aliphatic carboxylic acids is 1. The van der Waals surface area contributed by atoms with Crippen LogP contribution < -0.4 is 16.2 Å². The summed E-state index contributed by atoms with van der Waals surface area (Å²) < 4.78 is 1.05. The summed E-state index contributed by atoms with van der Waals surface area (Å²) >= 11 is 2.16. The fourth-order valence-electron chi connectivity index (χ4n) is 4.66. The molecule has 0 bridgehead atoms. The second-order valence-corrected chi connectivity index (χ2v) is 12.0. The number of fused-ring (bicyclic) bond motifs is 1. The van der Waals surface area contributed by atoms with Crippen molar-refractivity contribution in [1.82, 2.24) is 30.3 Å².